The van der Waals surface area contributed by atoms with Crippen LogP contribution in [0.25, 0.3) is 0 Å². The van der Waals surface area contributed by atoms with Gasteiger partial charge in [-0.2, -0.15) is 0 Å². The maximum Gasteiger partial charge on any atom is 0.244 e. The number of nitrogens with two attached hydrogens (primary N) is 1. The van der Waals surface area contributed by atoms with Gasteiger partial charge in [0.15, 0.2) is 0 Å². The summed E-state index contributed by atoms with van der Waals surface area (Å²) >= 11 is 0. The first kappa shape index (κ1) is 15.8. The zero-order chi connectivity index (χ0) is 15.5. The zero-order valence-electron chi connectivity index (χ0n) is 13.1. The van der Waals surface area contributed by atoms with E-state index in [2.05, 4.69) is 17.2 Å². The van der Waals surface area contributed by atoms with Crippen molar-refractivity contribution >= 4 is 11.6 Å². The Morgan fingerprint density at radius 3 is 3.00 bits per heavy atom. The number of pyridine rings is 1. The predicted molar refractivity (Wildman–Crippen MR) is 83.2 cm³/mol. The number of amides is 1. The minimum Gasteiger partial charge on any atom is -0.473 e. The molecule has 1 heterocycles. The van der Waals surface area contributed by atoms with E-state index in [0.717, 1.165) is 25.7 Å². The maximum absolute atomic E-state index is 12.6. The van der Waals surface area contributed by atoms with Crippen molar-refractivity contribution < 1.29 is 9.53 Å². The van der Waals surface area contributed by atoms with Crippen molar-refractivity contribution in [3.05, 3.63) is 18.3 Å². The number of hydrogen-bond donors (Lipinski definition) is 2. The molecule has 0 saturated heterocycles. The summed E-state index contributed by atoms with van der Waals surface area (Å²) in [5, 5.41) is 2.90. The van der Waals surface area contributed by atoms with Crippen molar-refractivity contribution in [2.24, 2.45) is 11.7 Å². The summed E-state index contributed by atoms with van der Waals surface area (Å²) in [6.45, 7) is 5.99. The summed E-state index contributed by atoms with van der Waals surface area (Å²) in [6.07, 6.45) is 5.23. The average molecular weight is 291 g/mol. The second-order valence-electron chi connectivity index (χ2n) is 6.33. The fourth-order valence-electron chi connectivity index (χ4n) is 2.85. The normalized spacial score (nSPS) is 25.7. The summed E-state index contributed by atoms with van der Waals surface area (Å²) in [7, 11) is 0. The lowest BCUT2D eigenvalue weighted by Gasteiger charge is -2.35. The number of rotatable bonds is 4. The van der Waals surface area contributed by atoms with E-state index in [-0.39, 0.29) is 12.0 Å². The van der Waals surface area contributed by atoms with Gasteiger partial charge in [-0.05, 0) is 44.7 Å². The largest absolute Gasteiger partial charge is 0.473 e. The second kappa shape index (κ2) is 6.43. The summed E-state index contributed by atoms with van der Waals surface area (Å²) in [6, 6.07) is 3.56. The lowest BCUT2D eigenvalue weighted by molar-refractivity contribution is -0.122. The molecule has 1 aromatic rings. The number of nitrogens with zero attached hydrogens (tertiary/aromatic N) is 1. The number of carbonyl (C=O) groups excluding carboxylic acids is 1. The van der Waals surface area contributed by atoms with Crippen LogP contribution >= 0.6 is 0 Å². The lowest BCUT2D eigenvalue weighted by atomic mass is 9.76. The lowest BCUT2D eigenvalue weighted by Crippen LogP contribution is -2.53. The van der Waals surface area contributed by atoms with Gasteiger partial charge in [-0.25, -0.2) is 4.98 Å². The van der Waals surface area contributed by atoms with E-state index in [1.807, 2.05) is 13.8 Å². The molecule has 0 aromatic carbocycles. The van der Waals surface area contributed by atoms with E-state index < -0.39 is 5.54 Å². The molecule has 1 saturated carbocycles. The molecule has 0 radical (unpaired) electrons. The van der Waals surface area contributed by atoms with Crippen molar-refractivity contribution in [1.29, 1.82) is 0 Å². The first-order chi connectivity index (χ1) is 9.90. The molecule has 1 aliphatic rings. The highest BCUT2D eigenvalue weighted by molar-refractivity contribution is 5.98. The number of hydrogen-bond acceptors (Lipinski definition) is 4. The van der Waals surface area contributed by atoms with Crippen LogP contribution in [0.2, 0.25) is 0 Å². The topological polar surface area (TPSA) is 77.2 Å². The highest BCUT2D eigenvalue weighted by Crippen LogP contribution is 2.32. The molecule has 2 atom stereocenters. The molecule has 2 rings (SSSR count). The standard InChI is InChI=1S/C16H25N3O2/c1-11(2)21-14-13(7-5-9-18-14)19-15(20)16(17)8-4-6-12(3)10-16/h5,7,9,11-12H,4,6,8,10,17H2,1-3H3,(H,19,20). The third-order valence-electron chi connectivity index (χ3n) is 3.85. The molecule has 5 nitrogen and oxygen atoms in total. The van der Waals surface area contributed by atoms with Crippen LogP contribution < -0.4 is 15.8 Å². The van der Waals surface area contributed by atoms with Crippen molar-refractivity contribution in [3.63, 3.8) is 0 Å². The highest BCUT2D eigenvalue weighted by Gasteiger charge is 2.38. The second-order valence-corrected chi connectivity index (χ2v) is 6.33. The Balaban J connectivity index is 2.12. The van der Waals surface area contributed by atoms with E-state index in [1.54, 1.807) is 18.3 Å². The van der Waals surface area contributed by atoms with Gasteiger partial charge in [0.1, 0.15) is 5.69 Å². The van der Waals surface area contributed by atoms with E-state index in [0.29, 0.717) is 17.5 Å². The molecule has 0 spiro atoms. The Bertz CT molecular complexity index is 504. The fourth-order valence-corrected chi connectivity index (χ4v) is 2.85. The van der Waals surface area contributed by atoms with Gasteiger partial charge in [0, 0.05) is 6.20 Å². The summed E-state index contributed by atoms with van der Waals surface area (Å²) in [5.74, 6) is 0.777. The number of carbonyl (C=O) groups is 1. The van der Waals surface area contributed by atoms with Gasteiger partial charge in [0.05, 0.1) is 11.6 Å². The molecule has 5 heteroatoms. The molecule has 21 heavy (non-hydrogen) atoms. The molecular weight excluding hydrogens is 266 g/mol. The molecule has 0 aliphatic heterocycles. The SMILES string of the molecule is CC1CCCC(N)(C(=O)Nc2cccnc2OC(C)C)C1. The van der Waals surface area contributed by atoms with Gasteiger partial charge in [0.25, 0.3) is 0 Å². The summed E-state index contributed by atoms with van der Waals surface area (Å²) in [4.78, 5) is 16.7. The molecular formula is C16H25N3O2. The van der Waals surface area contributed by atoms with Gasteiger partial charge >= 0.3 is 0 Å². The Kier molecular flexibility index (Phi) is 4.83. The van der Waals surface area contributed by atoms with Crippen LogP contribution in [-0.4, -0.2) is 22.5 Å². The third kappa shape index (κ3) is 3.94. The first-order valence-corrected chi connectivity index (χ1v) is 7.63. The van der Waals surface area contributed by atoms with E-state index >= 15 is 0 Å². The molecule has 1 amide bonds. The van der Waals surface area contributed by atoms with Gasteiger partial charge in [-0.3, -0.25) is 4.79 Å². The Hall–Kier alpha value is -1.62. The van der Waals surface area contributed by atoms with Gasteiger partial charge in [0.2, 0.25) is 11.8 Å². The Morgan fingerprint density at radius 1 is 1.57 bits per heavy atom. The Labute approximate surface area is 126 Å². The van der Waals surface area contributed by atoms with Crippen molar-refractivity contribution in [2.75, 3.05) is 5.32 Å². The smallest absolute Gasteiger partial charge is 0.244 e. The van der Waals surface area contributed by atoms with Crippen LogP contribution in [0.1, 0.15) is 46.5 Å². The first-order valence-electron chi connectivity index (χ1n) is 7.63. The maximum atomic E-state index is 12.6. The van der Waals surface area contributed by atoms with Gasteiger partial charge < -0.3 is 15.8 Å². The van der Waals surface area contributed by atoms with Gasteiger partial charge in [-0.15, -0.1) is 0 Å². The summed E-state index contributed by atoms with van der Waals surface area (Å²) in [5.41, 5.74) is 6.11. The van der Waals surface area contributed by atoms with E-state index in [4.69, 9.17) is 10.5 Å². The van der Waals surface area contributed by atoms with E-state index in [9.17, 15) is 4.79 Å². The molecule has 2 unspecified atom stereocenters. The van der Waals surface area contributed by atoms with Crippen LogP contribution in [0.4, 0.5) is 5.69 Å². The van der Waals surface area contributed by atoms with Crippen LogP contribution in [0, 0.1) is 5.92 Å². The minimum absolute atomic E-state index is 0.00269. The molecule has 1 fully saturated rings. The van der Waals surface area contributed by atoms with Crippen LogP contribution in [-0.2, 0) is 4.79 Å². The fraction of sp³-hybridized carbons (Fsp3) is 0.625. The number of anilines is 1. The van der Waals surface area contributed by atoms with Crippen molar-refractivity contribution in [1.82, 2.24) is 4.98 Å². The Morgan fingerprint density at radius 2 is 2.33 bits per heavy atom. The quantitative estimate of drug-likeness (QED) is 0.894. The number of aromatic nitrogens is 1. The van der Waals surface area contributed by atoms with Crippen LogP contribution in [0.15, 0.2) is 18.3 Å². The molecule has 1 aromatic heterocycles. The molecule has 1 aliphatic carbocycles. The van der Waals surface area contributed by atoms with Crippen molar-refractivity contribution in [3.8, 4) is 5.88 Å². The molecule has 0 bridgehead atoms. The number of ether oxygens (including phenoxy) is 1. The molecule has 3 N–H and O–H groups in total. The third-order valence-corrected chi connectivity index (χ3v) is 3.85. The van der Waals surface area contributed by atoms with Crippen molar-refractivity contribution in [2.45, 2.75) is 58.1 Å². The average Bonchev–Trinajstić information content (AvgIpc) is 2.40. The minimum atomic E-state index is -0.789. The number of nitrogens with one attached hydrogen (secondary N) is 1. The highest BCUT2D eigenvalue weighted by atomic mass is 16.5. The predicted octanol–water partition coefficient (Wildman–Crippen LogP) is 2.71. The van der Waals surface area contributed by atoms with Gasteiger partial charge in [-0.1, -0.05) is 19.8 Å². The monoisotopic (exact) mass is 291 g/mol. The molecule has 116 valence electrons. The summed E-state index contributed by atoms with van der Waals surface area (Å²) < 4.78 is 5.62. The van der Waals surface area contributed by atoms with Crippen LogP contribution in [0.3, 0.4) is 0 Å². The van der Waals surface area contributed by atoms with E-state index in [1.165, 1.54) is 0 Å². The zero-order valence-corrected chi connectivity index (χ0v) is 13.1. The van der Waals surface area contributed by atoms with Crippen LogP contribution in [0.5, 0.6) is 5.88 Å².